The number of thiazole rings is 1. The predicted molar refractivity (Wildman–Crippen MR) is 111 cm³/mol. The SMILES string of the molecule is NC1Cc2ccccc2N(C(=O)c2nc(-c3cnn4ccccc34)c(Cl)s2)C1. The van der Waals surface area contributed by atoms with Crippen LogP contribution in [0.15, 0.2) is 54.9 Å². The molecular formula is C20H16ClN5OS. The molecule has 28 heavy (non-hydrogen) atoms. The third kappa shape index (κ3) is 2.79. The van der Waals surface area contributed by atoms with Gasteiger partial charge in [-0.15, -0.1) is 0 Å². The predicted octanol–water partition coefficient (Wildman–Crippen LogP) is 3.64. The summed E-state index contributed by atoms with van der Waals surface area (Å²) in [7, 11) is 0. The van der Waals surface area contributed by atoms with Crippen molar-refractivity contribution in [2.75, 3.05) is 11.4 Å². The molecule has 0 fully saturated rings. The summed E-state index contributed by atoms with van der Waals surface area (Å²) < 4.78 is 2.23. The topological polar surface area (TPSA) is 76.5 Å². The van der Waals surface area contributed by atoms with Crippen molar-refractivity contribution in [1.82, 2.24) is 14.6 Å². The summed E-state index contributed by atoms with van der Waals surface area (Å²) in [6, 6.07) is 13.5. The summed E-state index contributed by atoms with van der Waals surface area (Å²) in [5.41, 5.74) is 10.4. The molecule has 0 saturated carbocycles. The van der Waals surface area contributed by atoms with Gasteiger partial charge in [0.15, 0.2) is 5.01 Å². The van der Waals surface area contributed by atoms with Gasteiger partial charge in [-0.1, -0.05) is 47.2 Å². The molecular weight excluding hydrogens is 394 g/mol. The van der Waals surface area contributed by atoms with Crippen molar-refractivity contribution in [3.8, 4) is 11.3 Å². The molecule has 1 unspecified atom stereocenters. The van der Waals surface area contributed by atoms with E-state index in [0.717, 1.165) is 28.8 Å². The molecule has 4 aromatic rings. The van der Waals surface area contributed by atoms with E-state index >= 15 is 0 Å². The molecule has 2 N–H and O–H groups in total. The van der Waals surface area contributed by atoms with E-state index in [0.29, 0.717) is 21.6 Å². The Labute approximate surface area is 170 Å². The summed E-state index contributed by atoms with van der Waals surface area (Å²) in [4.78, 5) is 19.5. The minimum absolute atomic E-state index is 0.103. The largest absolute Gasteiger partial charge is 0.326 e. The van der Waals surface area contributed by atoms with E-state index in [1.165, 1.54) is 11.3 Å². The Kier molecular flexibility index (Phi) is 4.16. The Bertz CT molecular complexity index is 1200. The quantitative estimate of drug-likeness (QED) is 0.548. The number of anilines is 1. The number of carbonyl (C=O) groups is 1. The third-order valence-electron chi connectivity index (χ3n) is 4.88. The van der Waals surface area contributed by atoms with Gasteiger partial charge in [-0.2, -0.15) is 5.10 Å². The normalized spacial score (nSPS) is 16.4. The van der Waals surface area contributed by atoms with Gasteiger partial charge in [0.1, 0.15) is 10.0 Å². The highest BCUT2D eigenvalue weighted by molar-refractivity contribution is 7.18. The van der Waals surface area contributed by atoms with Crippen LogP contribution in [0.5, 0.6) is 0 Å². The molecule has 5 rings (SSSR count). The van der Waals surface area contributed by atoms with Crippen LogP contribution in [0.2, 0.25) is 4.34 Å². The first-order valence-corrected chi connectivity index (χ1v) is 10.1. The van der Waals surface area contributed by atoms with E-state index in [1.54, 1.807) is 15.6 Å². The van der Waals surface area contributed by atoms with Crippen LogP contribution >= 0.6 is 22.9 Å². The van der Waals surface area contributed by atoms with Gasteiger partial charge in [-0.25, -0.2) is 9.50 Å². The standard InChI is InChI=1S/C20H16ClN5OS/c21-18-17(14-10-23-26-8-4-3-7-16(14)26)24-19(28-18)20(27)25-11-13(22)9-12-5-1-2-6-15(12)25/h1-8,10,13H,9,11,22H2. The first-order valence-electron chi connectivity index (χ1n) is 8.86. The average molecular weight is 410 g/mol. The molecule has 0 spiro atoms. The molecule has 1 aromatic carbocycles. The van der Waals surface area contributed by atoms with E-state index in [9.17, 15) is 4.79 Å². The van der Waals surface area contributed by atoms with Crippen molar-refractivity contribution in [1.29, 1.82) is 0 Å². The van der Waals surface area contributed by atoms with Gasteiger partial charge in [0, 0.05) is 30.0 Å². The second kappa shape index (κ2) is 6.70. The minimum Gasteiger partial charge on any atom is -0.326 e. The Morgan fingerprint density at radius 2 is 2.04 bits per heavy atom. The van der Waals surface area contributed by atoms with E-state index in [4.69, 9.17) is 17.3 Å². The van der Waals surface area contributed by atoms with Crippen molar-refractivity contribution in [2.24, 2.45) is 5.73 Å². The molecule has 0 radical (unpaired) electrons. The number of halogens is 1. The molecule has 1 aliphatic rings. The molecule has 0 aliphatic carbocycles. The average Bonchev–Trinajstić information content (AvgIpc) is 3.30. The van der Waals surface area contributed by atoms with Gasteiger partial charge in [0.25, 0.3) is 5.91 Å². The number of aromatic nitrogens is 3. The van der Waals surface area contributed by atoms with Crippen molar-refractivity contribution in [2.45, 2.75) is 12.5 Å². The second-order valence-corrected chi connectivity index (χ2v) is 8.34. The summed E-state index contributed by atoms with van der Waals surface area (Å²) in [5.74, 6) is -0.183. The lowest BCUT2D eigenvalue weighted by atomic mass is 9.98. The fraction of sp³-hybridized carbons (Fsp3) is 0.150. The van der Waals surface area contributed by atoms with Crippen molar-refractivity contribution in [3.63, 3.8) is 0 Å². The smallest absolute Gasteiger partial charge is 0.287 e. The lowest BCUT2D eigenvalue weighted by molar-refractivity contribution is 0.0983. The van der Waals surface area contributed by atoms with Crippen LogP contribution in [0.25, 0.3) is 16.8 Å². The number of hydrogen-bond acceptors (Lipinski definition) is 5. The molecule has 1 atom stereocenters. The molecule has 140 valence electrons. The number of hydrogen-bond donors (Lipinski definition) is 1. The first-order chi connectivity index (χ1) is 13.6. The third-order valence-corrected chi connectivity index (χ3v) is 6.12. The van der Waals surface area contributed by atoms with Gasteiger partial charge < -0.3 is 10.6 Å². The summed E-state index contributed by atoms with van der Waals surface area (Å²) >= 11 is 7.66. The number of amides is 1. The summed E-state index contributed by atoms with van der Waals surface area (Å²) in [6.07, 6.45) is 4.33. The zero-order chi connectivity index (χ0) is 19.3. The highest BCUT2D eigenvalue weighted by atomic mass is 35.5. The van der Waals surface area contributed by atoms with Crippen LogP contribution in [0.1, 0.15) is 15.4 Å². The molecule has 1 aliphatic heterocycles. The van der Waals surface area contributed by atoms with Gasteiger partial charge in [0.2, 0.25) is 0 Å². The molecule has 4 heterocycles. The van der Waals surface area contributed by atoms with E-state index in [1.807, 2.05) is 48.7 Å². The number of carbonyl (C=O) groups excluding carboxylic acids is 1. The molecule has 3 aromatic heterocycles. The number of rotatable bonds is 2. The van der Waals surface area contributed by atoms with Crippen LogP contribution in [-0.4, -0.2) is 33.1 Å². The number of para-hydroxylation sites is 1. The van der Waals surface area contributed by atoms with Gasteiger partial charge >= 0.3 is 0 Å². The van der Waals surface area contributed by atoms with E-state index < -0.39 is 0 Å². The van der Waals surface area contributed by atoms with Crippen LogP contribution in [0.4, 0.5) is 5.69 Å². The van der Waals surface area contributed by atoms with Crippen molar-refractivity contribution in [3.05, 3.63) is 69.8 Å². The lowest BCUT2D eigenvalue weighted by Gasteiger charge is -2.32. The first kappa shape index (κ1) is 17.4. The molecule has 0 saturated heterocycles. The van der Waals surface area contributed by atoms with E-state index in [2.05, 4.69) is 10.1 Å². The zero-order valence-corrected chi connectivity index (χ0v) is 16.3. The maximum absolute atomic E-state index is 13.2. The van der Waals surface area contributed by atoms with Crippen LogP contribution in [0.3, 0.4) is 0 Å². The number of benzene rings is 1. The maximum Gasteiger partial charge on any atom is 0.287 e. The van der Waals surface area contributed by atoms with Gasteiger partial charge in [0.05, 0.1) is 11.7 Å². The lowest BCUT2D eigenvalue weighted by Crippen LogP contribution is -2.46. The minimum atomic E-state index is -0.183. The van der Waals surface area contributed by atoms with E-state index in [-0.39, 0.29) is 11.9 Å². The monoisotopic (exact) mass is 409 g/mol. The molecule has 8 heteroatoms. The maximum atomic E-state index is 13.2. The number of fused-ring (bicyclic) bond motifs is 2. The van der Waals surface area contributed by atoms with Crippen LogP contribution in [-0.2, 0) is 6.42 Å². The Hall–Kier alpha value is -2.74. The fourth-order valence-corrected chi connectivity index (χ4v) is 4.73. The number of nitrogens with zero attached hydrogens (tertiary/aromatic N) is 4. The number of pyridine rings is 1. The highest BCUT2D eigenvalue weighted by Gasteiger charge is 2.30. The summed E-state index contributed by atoms with van der Waals surface area (Å²) in [6.45, 7) is 0.457. The van der Waals surface area contributed by atoms with Crippen LogP contribution in [0, 0.1) is 0 Å². The second-order valence-electron chi connectivity index (χ2n) is 6.74. The molecule has 1 amide bonds. The molecule has 0 bridgehead atoms. The van der Waals surface area contributed by atoms with Crippen LogP contribution < -0.4 is 10.6 Å². The van der Waals surface area contributed by atoms with Crippen molar-refractivity contribution >= 4 is 40.0 Å². The van der Waals surface area contributed by atoms with Gasteiger partial charge in [-0.3, -0.25) is 4.79 Å². The zero-order valence-electron chi connectivity index (χ0n) is 14.7. The van der Waals surface area contributed by atoms with Crippen molar-refractivity contribution < 1.29 is 4.79 Å². The molecule has 6 nitrogen and oxygen atoms in total. The Balaban J connectivity index is 1.55. The Morgan fingerprint density at radius 1 is 1.21 bits per heavy atom. The Morgan fingerprint density at radius 3 is 2.93 bits per heavy atom. The fourth-order valence-electron chi connectivity index (χ4n) is 3.61. The highest BCUT2D eigenvalue weighted by Crippen LogP contribution is 2.36. The van der Waals surface area contributed by atoms with Gasteiger partial charge in [-0.05, 0) is 30.2 Å². The number of nitrogens with two attached hydrogens (primary N) is 1. The summed E-state index contributed by atoms with van der Waals surface area (Å²) in [5, 5.41) is 4.68.